The minimum absolute atomic E-state index is 0.0217. The minimum Gasteiger partial charge on any atom is -0.481 e. The second-order valence-corrected chi connectivity index (χ2v) is 6.75. The molecule has 26 heavy (non-hydrogen) atoms. The van der Waals surface area contributed by atoms with Crippen LogP contribution in [0.5, 0.6) is 11.8 Å². The van der Waals surface area contributed by atoms with Crippen molar-refractivity contribution in [1.82, 2.24) is 15.6 Å². The zero-order chi connectivity index (χ0) is 18.7. The number of ether oxygens (including phenoxy) is 2. The van der Waals surface area contributed by atoms with E-state index in [1.807, 2.05) is 0 Å². The van der Waals surface area contributed by atoms with Crippen molar-refractivity contribution >= 4 is 5.91 Å². The summed E-state index contributed by atoms with van der Waals surface area (Å²) in [5.74, 6) is -4.00. The van der Waals surface area contributed by atoms with Crippen LogP contribution in [0.3, 0.4) is 0 Å². The maximum Gasteiger partial charge on any atom is 0.253 e. The van der Waals surface area contributed by atoms with Gasteiger partial charge in [0.2, 0.25) is 17.7 Å². The van der Waals surface area contributed by atoms with Crippen LogP contribution in [-0.2, 0) is 11.3 Å². The van der Waals surface area contributed by atoms with Crippen LogP contribution in [0.15, 0.2) is 6.07 Å². The van der Waals surface area contributed by atoms with E-state index in [0.29, 0.717) is 5.56 Å². The van der Waals surface area contributed by atoms with Gasteiger partial charge in [0.25, 0.3) is 5.88 Å². The first-order valence-electron chi connectivity index (χ1n) is 8.63. The largest absolute Gasteiger partial charge is 0.481 e. The Bertz CT molecular complexity index is 658. The van der Waals surface area contributed by atoms with Gasteiger partial charge in [0.1, 0.15) is 0 Å². The molecule has 1 aliphatic heterocycles. The number of nitrogens with zero attached hydrogens (tertiary/aromatic N) is 1. The van der Waals surface area contributed by atoms with Crippen LogP contribution in [0.25, 0.3) is 0 Å². The van der Waals surface area contributed by atoms with Gasteiger partial charge in [0.05, 0.1) is 19.8 Å². The molecule has 2 fully saturated rings. The number of pyridine rings is 1. The smallest absolute Gasteiger partial charge is 0.253 e. The molecule has 1 aromatic heterocycles. The number of hydrogen-bond donors (Lipinski definition) is 2. The number of carbonyl (C=O) groups is 1. The molecule has 144 valence electrons. The first-order valence-corrected chi connectivity index (χ1v) is 8.63. The van der Waals surface area contributed by atoms with E-state index in [9.17, 15) is 18.0 Å². The van der Waals surface area contributed by atoms with E-state index in [2.05, 4.69) is 15.6 Å². The van der Waals surface area contributed by atoms with Crippen molar-refractivity contribution in [2.45, 2.75) is 44.2 Å². The summed E-state index contributed by atoms with van der Waals surface area (Å²) in [5, 5.41) is 5.81. The fraction of sp³-hybridized carbons (Fsp3) is 0.647. The Morgan fingerprint density at radius 2 is 2.19 bits per heavy atom. The third kappa shape index (κ3) is 4.38. The molecule has 6 nitrogen and oxygen atoms in total. The van der Waals surface area contributed by atoms with Gasteiger partial charge >= 0.3 is 0 Å². The number of halogens is 3. The predicted molar refractivity (Wildman–Crippen MR) is 86.8 cm³/mol. The third-order valence-corrected chi connectivity index (χ3v) is 4.64. The minimum atomic E-state index is -2.64. The number of nitrogens with one attached hydrogen (secondary N) is 2. The van der Waals surface area contributed by atoms with Crippen molar-refractivity contribution in [2.75, 3.05) is 20.3 Å². The second-order valence-electron chi connectivity index (χ2n) is 6.75. The van der Waals surface area contributed by atoms with Gasteiger partial charge in [-0.3, -0.25) is 4.79 Å². The van der Waals surface area contributed by atoms with E-state index in [-0.39, 0.29) is 55.6 Å². The lowest BCUT2D eigenvalue weighted by atomic mass is 9.82. The van der Waals surface area contributed by atoms with Crippen LogP contribution >= 0.6 is 0 Å². The van der Waals surface area contributed by atoms with Crippen molar-refractivity contribution in [3.05, 3.63) is 17.4 Å². The van der Waals surface area contributed by atoms with Crippen LogP contribution in [0, 0.1) is 11.7 Å². The molecule has 0 spiro atoms. The molecule has 1 amide bonds. The molecule has 1 atom stereocenters. The lowest BCUT2D eigenvalue weighted by molar-refractivity contribution is -0.123. The zero-order valence-electron chi connectivity index (χ0n) is 14.5. The summed E-state index contributed by atoms with van der Waals surface area (Å²) in [6, 6.07) is 0.945. The maximum atomic E-state index is 14.2. The summed E-state index contributed by atoms with van der Waals surface area (Å²) in [6.07, 6.45) is 1.19. The van der Waals surface area contributed by atoms with Crippen LogP contribution in [0.4, 0.5) is 13.2 Å². The molecule has 2 aliphatic rings. The molecular formula is C17H22F3N3O3. The van der Waals surface area contributed by atoms with E-state index < -0.39 is 11.7 Å². The molecule has 0 radical (unpaired) electrons. The summed E-state index contributed by atoms with van der Waals surface area (Å²) in [7, 11) is 1.38. The average Bonchev–Trinajstić information content (AvgIpc) is 3.11. The molecule has 2 N–H and O–H groups in total. The van der Waals surface area contributed by atoms with E-state index >= 15 is 0 Å². The Balaban J connectivity index is 1.58. The Hall–Kier alpha value is -2.03. The molecule has 1 aromatic rings. The lowest BCUT2D eigenvalue weighted by Crippen LogP contribution is -2.40. The molecule has 0 bridgehead atoms. The quantitative estimate of drug-likeness (QED) is 0.765. The highest BCUT2D eigenvalue weighted by Gasteiger charge is 2.45. The molecule has 0 aromatic carbocycles. The van der Waals surface area contributed by atoms with Gasteiger partial charge in [0.15, 0.2) is 5.82 Å². The predicted octanol–water partition coefficient (Wildman–Crippen LogP) is 2.02. The van der Waals surface area contributed by atoms with Crippen LogP contribution in [0.1, 0.15) is 31.2 Å². The molecule has 0 unspecified atom stereocenters. The molecule has 1 saturated heterocycles. The van der Waals surface area contributed by atoms with E-state index in [4.69, 9.17) is 9.47 Å². The normalized spacial score (nSPS) is 21.9. The number of alkyl halides is 2. The molecule has 1 aliphatic carbocycles. The zero-order valence-corrected chi connectivity index (χ0v) is 14.5. The monoisotopic (exact) mass is 373 g/mol. The molecule has 9 heteroatoms. The number of hydrogen-bond acceptors (Lipinski definition) is 5. The highest BCUT2D eigenvalue weighted by Crippen LogP contribution is 2.42. The molecule has 1 saturated carbocycles. The van der Waals surface area contributed by atoms with Crippen molar-refractivity contribution in [2.24, 2.45) is 5.92 Å². The number of aromatic nitrogens is 1. The Labute approximate surface area is 149 Å². The number of carbonyl (C=O) groups excluding carboxylic acids is 1. The van der Waals surface area contributed by atoms with Gasteiger partial charge in [-0.2, -0.15) is 4.98 Å². The summed E-state index contributed by atoms with van der Waals surface area (Å²) in [6.45, 7) is 0.849. The topological polar surface area (TPSA) is 72.5 Å². The van der Waals surface area contributed by atoms with Crippen molar-refractivity contribution in [1.29, 1.82) is 0 Å². The van der Waals surface area contributed by atoms with Gasteiger partial charge in [-0.15, -0.1) is 0 Å². The fourth-order valence-electron chi connectivity index (χ4n) is 3.21. The molecule has 2 heterocycles. The fourth-order valence-corrected chi connectivity index (χ4v) is 3.21. The Morgan fingerprint density at radius 3 is 2.81 bits per heavy atom. The van der Waals surface area contributed by atoms with Crippen molar-refractivity contribution in [3.63, 3.8) is 0 Å². The van der Waals surface area contributed by atoms with Gasteiger partial charge < -0.3 is 20.1 Å². The van der Waals surface area contributed by atoms with Gasteiger partial charge in [-0.05, 0) is 25.5 Å². The summed E-state index contributed by atoms with van der Waals surface area (Å²) in [4.78, 5) is 16.0. The van der Waals surface area contributed by atoms with E-state index in [1.165, 1.54) is 13.2 Å². The van der Waals surface area contributed by atoms with Gasteiger partial charge in [-0.1, -0.05) is 0 Å². The van der Waals surface area contributed by atoms with E-state index in [0.717, 1.165) is 19.4 Å². The van der Waals surface area contributed by atoms with Crippen LogP contribution < -0.4 is 20.1 Å². The van der Waals surface area contributed by atoms with Crippen LogP contribution in [-0.4, -0.2) is 43.1 Å². The number of methoxy groups -OCH3 is 1. The first kappa shape index (κ1) is 18.8. The molecule has 3 rings (SSSR count). The average molecular weight is 373 g/mol. The first-order chi connectivity index (χ1) is 12.4. The highest BCUT2D eigenvalue weighted by atomic mass is 19.3. The van der Waals surface area contributed by atoms with Gasteiger partial charge in [-0.25, -0.2) is 13.2 Å². The standard InChI is InChI=1S/C17H22F3N3O3/c1-25-15-11(8-22-14(24)13-3-2-4-21-13)5-12(18)16(23-15)26-9-10-6-17(19,20)7-10/h5,10,13,21H,2-4,6-9H2,1H3,(H,22,24)/t13-/m0/s1. The Morgan fingerprint density at radius 1 is 1.42 bits per heavy atom. The summed E-state index contributed by atoms with van der Waals surface area (Å²) >= 11 is 0. The van der Waals surface area contributed by atoms with Crippen LogP contribution in [0.2, 0.25) is 0 Å². The number of rotatable bonds is 7. The SMILES string of the molecule is COc1nc(OCC2CC(F)(F)C2)c(F)cc1CNC(=O)[C@@H]1CCCN1. The third-order valence-electron chi connectivity index (χ3n) is 4.64. The van der Waals surface area contributed by atoms with Gasteiger partial charge in [0, 0.05) is 30.9 Å². The number of amides is 1. The maximum absolute atomic E-state index is 14.2. The second kappa shape index (κ2) is 7.69. The molecular weight excluding hydrogens is 351 g/mol. The summed E-state index contributed by atoms with van der Waals surface area (Å²) in [5.41, 5.74) is 0.374. The highest BCUT2D eigenvalue weighted by molar-refractivity contribution is 5.82. The lowest BCUT2D eigenvalue weighted by Gasteiger charge is -2.34. The van der Waals surface area contributed by atoms with Crippen molar-refractivity contribution in [3.8, 4) is 11.8 Å². The Kier molecular flexibility index (Phi) is 5.55. The summed E-state index contributed by atoms with van der Waals surface area (Å²) < 4.78 is 50.2. The van der Waals surface area contributed by atoms with E-state index in [1.54, 1.807) is 0 Å². The van der Waals surface area contributed by atoms with Crippen molar-refractivity contribution < 1.29 is 27.4 Å².